The molecule has 2 aromatic rings. The Bertz CT molecular complexity index is 845. The quantitative estimate of drug-likeness (QED) is 0.623. The fourth-order valence-corrected chi connectivity index (χ4v) is 3.97. The number of nitrogens with one attached hydrogen (secondary N) is 3. The molecule has 1 aliphatic rings. The zero-order valence-corrected chi connectivity index (χ0v) is 17.6. The van der Waals surface area contributed by atoms with E-state index in [4.69, 9.17) is 23.2 Å². The average molecular weight is 434 g/mol. The number of benzene rings is 2. The van der Waals surface area contributed by atoms with E-state index in [1.54, 1.807) is 18.2 Å². The zero-order valence-electron chi connectivity index (χ0n) is 16.1. The van der Waals surface area contributed by atoms with Crippen LogP contribution in [0, 0.1) is 0 Å². The van der Waals surface area contributed by atoms with Crippen molar-refractivity contribution in [3.63, 3.8) is 0 Å². The van der Waals surface area contributed by atoms with Gasteiger partial charge in [-0.1, -0.05) is 72.4 Å². The number of halogens is 2. The molecule has 0 radical (unpaired) electrons. The van der Waals surface area contributed by atoms with Gasteiger partial charge in [0, 0.05) is 12.6 Å². The Morgan fingerprint density at radius 1 is 0.897 bits per heavy atom. The first-order valence-electron chi connectivity index (χ1n) is 9.88. The van der Waals surface area contributed by atoms with Crippen LogP contribution in [0.2, 0.25) is 10.0 Å². The SMILES string of the molecule is O=C(NCCc1ccccc1)NC1CCCCC1NC(=O)c1cccc(Cl)c1Cl. The third kappa shape index (κ3) is 6.12. The highest BCUT2D eigenvalue weighted by atomic mass is 35.5. The minimum absolute atomic E-state index is 0.123. The van der Waals surface area contributed by atoms with Crippen molar-refractivity contribution in [1.82, 2.24) is 16.0 Å². The van der Waals surface area contributed by atoms with Gasteiger partial charge in [-0.15, -0.1) is 0 Å². The van der Waals surface area contributed by atoms with Crippen LogP contribution in [0.1, 0.15) is 41.6 Å². The lowest BCUT2D eigenvalue weighted by Gasteiger charge is -2.33. The minimum atomic E-state index is -0.277. The minimum Gasteiger partial charge on any atom is -0.347 e. The molecule has 2 atom stereocenters. The Balaban J connectivity index is 1.53. The maximum Gasteiger partial charge on any atom is 0.315 e. The van der Waals surface area contributed by atoms with Crippen LogP contribution in [0.4, 0.5) is 4.79 Å². The second-order valence-electron chi connectivity index (χ2n) is 7.21. The van der Waals surface area contributed by atoms with Gasteiger partial charge in [0.15, 0.2) is 0 Å². The van der Waals surface area contributed by atoms with Gasteiger partial charge in [-0.05, 0) is 37.0 Å². The van der Waals surface area contributed by atoms with Crippen LogP contribution in [0.15, 0.2) is 48.5 Å². The van der Waals surface area contributed by atoms with Crippen molar-refractivity contribution < 1.29 is 9.59 Å². The van der Waals surface area contributed by atoms with Gasteiger partial charge in [-0.25, -0.2) is 4.79 Å². The van der Waals surface area contributed by atoms with Crippen molar-refractivity contribution in [2.75, 3.05) is 6.54 Å². The smallest absolute Gasteiger partial charge is 0.315 e. The number of carbonyl (C=O) groups excluding carboxylic acids is 2. The number of rotatable bonds is 6. The molecule has 1 aliphatic carbocycles. The van der Waals surface area contributed by atoms with Crippen LogP contribution in [0.25, 0.3) is 0 Å². The van der Waals surface area contributed by atoms with Crippen molar-refractivity contribution in [3.05, 3.63) is 69.7 Å². The van der Waals surface area contributed by atoms with E-state index in [0.717, 1.165) is 32.1 Å². The highest BCUT2D eigenvalue weighted by molar-refractivity contribution is 6.43. The van der Waals surface area contributed by atoms with Gasteiger partial charge in [-0.2, -0.15) is 0 Å². The van der Waals surface area contributed by atoms with E-state index in [1.165, 1.54) is 5.56 Å². The summed E-state index contributed by atoms with van der Waals surface area (Å²) in [5.74, 6) is -0.277. The third-order valence-corrected chi connectivity index (χ3v) is 5.96. The summed E-state index contributed by atoms with van der Waals surface area (Å²) in [6.07, 6.45) is 4.41. The summed E-state index contributed by atoms with van der Waals surface area (Å²) in [6, 6.07) is 14.5. The van der Waals surface area contributed by atoms with E-state index in [-0.39, 0.29) is 29.0 Å². The molecule has 0 aromatic heterocycles. The number of hydrogen-bond acceptors (Lipinski definition) is 2. The molecule has 1 saturated carbocycles. The Morgan fingerprint density at radius 2 is 1.59 bits per heavy atom. The predicted molar refractivity (Wildman–Crippen MR) is 117 cm³/mol. The maximum absolute atomic E-state index is 12.7. The van der Waals surface area contributed by atoms with E-state index in [2.05, 4.69) is 16.0 Å². The predicted octanol–water partition coefficient (Wildman–Crippen LogP) is 4.58. The standard InChI is InChI=1S/C22H25Cl2N3O2/c23-17-10-6-9-16(20(17)24)21(28)26-18-11-4-5-12-19(18)27-22(29)25-14-13-15-7-2-1-3-8-15/h1-3,6-10,18-19H,4-5,11-14H2,(H,26,28)(H2,25,27,29). The van der Waals surface area contributed by atoms with Crippen molar-refractivity contribution in [3.8, 4) is 0 Å². The molecule has 7 heteroatoms. The molecule has 0 aliphatic heterocycles. The molecule has 5 nitrogen and oxygen atoms in total. The molecule has 3 N–H and O–H groups in total. The van der Waals surface area contributed by atoms with Crippen LogP contribution in [0.3, 0.4) is 0 Å². The fourth-order valence-electron chi connectivity index (χ4n) is 3.59. The van der Waals surface area contributed by atoms with Gasteiger partial charge in [0.05, 0.1) is 21.7 Å². The molecule has 3 rings (SSSR count). The van der Waals surface area contributed by atoms with E-state index >= 15 is 0 Å². The van der Waals surface area contributed by atoms with Gasteiger partial charge in [0.1, 0.15) is 0 Å². The fraction of sp³-hybridized carbons (Fsp3) is 0.364. The highest BCUT2D eigenvalue weighted by Gasteiger charge is 2.28. The summed E-state index contributed by atoms with van der Waals surface area (Å²) in [6.45, 7) is 0.553. The highest BCUT2D eigenvalue weighted by Crippen LogP contribution is 2.26. The molecule has 0 bridgehead atoms. The second-order valence-corrected chi connectivity index (χ2v) is 7.99. The van der Waals surface area contributed by atoms with Crippen molar-refractivity contribution in [2.24, 2.45) is 0 Å². The van der Waals surface area contributed by atoms with E-state index in [0.29, 0.717) is 17.1 Å². The van der Waals surface area contributed by atoms with Crippen LogP contribution in [-0.2, 0) is 6.42 Å². The Hall–Kier alpha value is -2.24. The third-order valence-electron chi connectivity index (χ3n) is 5.14. The molecule has 2 aromatic carbocycles. The molecule has 2 unspecified atom stereocenters. The Labute approximate surface area is 181 Å². The number of urea groups is 1. The normalized spacial score (nSPS) is 18.7. The molecular formula is C22H25Cl2N3O2. The topological polar surface area (TPSA) is 70.2 Å². The van der Waals surface area contributed by atoms with Gasteiger partial charge < -0.3 is 16.0 Å². The van der Waals surface area contributed by atoms with Crippen LogP contribution in [0.5, 0.6) is 0 Å². The van der Waals surface area contributed by atoms with Gasteiger partial charge in [0.25, 0.3) is 5.91 Å². The lowest BCUT2D eigenvalue weighted by molar-refractivity contribution is 0.0916. The summed E-state index contributed by atoms with van der Waals surface area (Å²) in [5, 5.41) is 9.51. The number of carbonyl (C=O) groups is 2. The zero-order chi connectivity index (χ0) is 20.6. The number of amides is 3. The summed E-state index contributed by atoms with van der Waals surface area (Å²) < 4.78 is 0. The Morgan fingerprint density at radius 3 is 2.31 bits per heavy atom. The molecule has 29 heavy (non-hydrogen) atoms. The summed E-state index contributed by atoms with van der Waals surface area (Å²) >= 11 is 12.2. The van der Waals surface area contributed by atoms with Crippen LogP contribution >= 0.6 is 23.2 Å². The monoisotopic (exact) mass is 433 g/mol. The van der Waals surface area contributed by atoms with Crippen LogP contribution < -0.4 is 16.0 Å². The second kappa shape index (κ2) is 10.5. The molecule has 1 fully saturated rings. The van der Waals surface area contributed by atoms with Gasteiger partial charge in [0.2, 0.25) is 0 Å². The van der Waals surface area contributed by atoms with Gasteiger partial charge >= 0.3 is 6.03 Å². The van der Waals surface area contributed by atoms with Crippen molar-refractivity contribution in [1.29, 1.82) is 0 Å². The average Bonchev–Trinajstić information content (AvgIpc) is 2.72. The van der Waals surface area contributed by atoms with Crippen molar-refractivity contribution >= 4 is 35.1 Å². The Kier molecular flexibility index (Phi) is 7.78. The molecule has 154 valence electrons. The van der Waals surface area contributed by atoms with E-state index in [9.17, 15) is 9.59 Å². The summed E-state index contributed by atoms with van der Waals surface area (Å²) in [7, 11) is 0. The lowest BCUT2D eigenvalue weighted by atomic mass is 9.90. The molecule has 3 amide bonds. The summed E-state index contributed by atoms with van der Waals surface area (Å²) in [4.78, 5) is 25.0. The first-order valence-corrected chi connectivity index (χ1v) is 10.6. The first-order chi connectivity index (χ1) is 14.0. The molecular weight excluding hydrogens is 409 g/mol. The van der Waals surface area contributed by atoms with E-state index in [1.807, 2.05) is 30.3 Å². The lowest BCUT2D eigenvalue weighted by Crippen LogP contribution is -2.55. The van der Waals surface area contributed by atoms with E-state index < -0.39 is 0 Å². The first kappa shape index (κ1) is 21.5. The molecule has 0 saturated heterocycles. The van der Waals surface area contributed by atoms with Crippen LogP contribution in [-0.4, -0.2) is 30.6 Å². The number of hydrogen-bond donors (Lipinski definition) is 3. The molecule has 0 spiro atoms. The maximum atomic E-state index is 12.7. The largest absolute Gasteiger partial charge is 0.347 e. The molecule has 0 heterocycles. The summed E-state index contributed by atoms with van der Waals surface area (Å²) in [5.41, 5.74) is 1.52. The van der Waals surface area contributed by atoms with Crippen molar-refractivity contribution in [2.45, 2.75) is 44.2 Å². The van der Waals surface area contributed by atoms with Gasteiger partial charge in [-0.3, -0.25) is 4.79 Å².